The lowest BCUT2D eigenvalue weighted by Crippen LogP contribution is -2.38. The summed E-state index contributed by atoms with van der Waals surface area (Å²) >= 11 is 0. The molecule has 5 rings (SSSR count). The van der Waals surface area contributed by atoms with Crippen molar-refractivity contribution in [1.82, 2.24) is 34.7 Å². The van der Waals surface area contributed by atoms with Gasteiger partial charge in [0.15, 0.2) is 11.5 Å². The standard InChI is InChI=1S/C22H24N8O2/c1-14(2)18-12-28(9-10-31)22(32)30(18)19-7-8-29-21(26-19)17(11-25-29)15-3-5-16(6-4-15)20-23-13-24-27-20/h3-8,11,13-14,18,31H,9-10,12H2,1-2H3,(H,23,24,27)/t18-/m1/s1. The third-order valence-corrected chi connectivity index (χ3v) is 5.83. The summed E-state index contributed by atoms with van der Waals surface area (Å²) in [5.74, 6) is 1.46. The molecule has 1 saturated heterocycles. The highest BCUT2D eigenvalue weighted by molar-refractivity contribution is 5.94. The molecule has 1 aliphatic heterocycles. The molecule has 1 aliphatic rings. The zero-order chi connectivity index (χ0) is 22.2. The number of anilines is 1. The number of urea groups is 1. The lowest BCUT2D eigenvalue weighted by molar-refractivity contribution is 0.198. The molecule has 0 radical (unpaired) electrons. The summed E-state index contributed by atoms with van der Waals surface area (Å²) in [6.45, 7) is 5.00. The zero-order valence-electron chi connectivity index (χ0n) is 17.9. The molecule has 1 aromatic carbocycles. The van der Waals surface area contributed by atoms with Gasteiger partial charge in [-0.1, -0.05) is 38.1 Å². The van der Waals surface area contributed by atoms with Gasteiger partial charge in [0, 0.05) is 30.4 Å². The second-order valence-corrected chi connectivity index (χ2v) is 8.15. The number of hydrogen-bond donors (Lipinski definition) is 2. The van der Waals surface area contributed by atoms with E-state index in [1.807, 2.05) is 36.5 Å². The second-order valence-electron chi connectivity index (χ2n) is 8.15. The Hall–Kier alpha value is -3.79. The first kappa shape index (κ1) is 20.1. The molecule has 1 atom stereocenters. The zero-order valence-corrected chi connectivity index (χ0v) is 17.9. The van der Waals surface area contributed by atoms with E-state index in [0.717, 1.165) is 16.7 Å². The molecule has 0 aliphatic carbocycles. The number of aliphatic hydroxyl groups excluding tert-OH is 1. The molecule has 0 bridgehead atoms. The number of benzene rings is 1. The van der Waals surface area contributed by atoms with Crippen molar-refractivity contribution in [2.24, 2.45) is 5.92 Å². The third-order valence-electron chi connectivity index (χ3n) is 5.83. The molecule has 1 fully saturated rings. The van der Waals surface area contributed by atoms with Crippen LogP contribution in [0.4, 0.5) is 10.6 Å². The topological polar surface area (TPSA) is 116 Å². The van der Waals surface area contributed by atoms with Gasteiger partial charge in [-0.25, -0.2) is 19.3 Å². The number of nitrogens with zero attached hydrogens (tertiary/aromatic N) is 7. The van der Waals surface area contributed by atoms with E-state index in [-0.39, 0.29) is 24.6 Å². The van der Waals surface area contributed by atoms with Gasteiger partial charge in [0.1, 0.15) is 12.1 Å². The number of rotatable bonds is 6. The molecule has 0 spiro atoms. The van der Waals surface area contributed by atoms with E-state index in [1.165, 1.54) is 0 Å². The molecule has 0 saturated carbocycles. The fourth-order valence-corrected chi connectivity index (χ4v) is 4.11. The van der Waals surface area contributed by atoms with Crippen LogP contribution < -0.4 is 4.90 Å². The maximum atomic E-state index is 13.1. The molecular formula is C22H24N8O2. The van der Waals surface area contributed by atoms with Crippen molar-refractivity contribution in [1.29, 1.82) is 0 Å². The Labute approximate surface area is 184 Å². The van der Waals surface area contributed by atoms with Crippen molar-refractivity contribution in [2.45, 2.75) is 19.9 Å². The van der Waals surface area contributed by atoms with Crippen molar-refractivity contribution >= 4 is 17.5 Å². The maximum absolute atomic E-state index is 13.1. The van der Waals surface area contributed by atoms with Gasteiger partial charge in [0.05, 0.1) is 18.8 Å². The van der Waals surface area contributed by atoms with Crippen LogP contribution in [0.15, 0.2) is 49.1 Å². The second kappa shape index (κ2) is 8.04. The van der Waals surface area contributed by atoms with Crippen LogP contribution in [0.2, 0.25) is 0 Å². The van der Waals surface area contributed by atoms with Crippen LogP contribution in [0.1, 0.15) is 13.8 Å². The summed E-state index contributed by atoms with van der Waals surface area (Å²) in [5, 5.41) is 20.6. The minimum atomic E-state index is -0.133. The molecule has 4 heterocycles. The highest BCUT2D eigenvalue weighted by atomic mass is 16.3. The van der Waals surface area contributed by atoms with Gasteiger partial charge in [-0.05, 0) is 17.5 Å². The van der Waals surface area contributed by atoms with Gasteiger partial charge in [0.25, 0.3) is 0 Å². The number of carbonyl (C=O) groups is 1. The Morgan fingerprint density at radius 2 is 1.97 bits per heavy atom. The van der Waals surface area contributed by atoms with Crippen molar-refractivity contribution in [3.05, 3.63) is 49.1 Å². The molecule has 10 heteroatoms. The van der Waals surface area contributed by atoms with Gasteiger partial charge in [-0.3, -0.25) is 10.00 Å². The number of H-pyrrole nitrogens is 1. The largest absolute Gasteiger partial charge is 0.395 e. The van der Waals surface area contributed by atoms with E-state index in [2.05, 4.69) is 34.1 Å². The molecule has 0 unspecified atom stereocenters. The average Bonchev–Trinajstić information content (AvgIpc) is 3.53. The highest BCUT2D eigenvalue weighted by Crippen LogP contribution is 2.30. The smallest absolute Gasteiger partial charge is 0.326 e. The van der Waals surface area contributed by atoms with E-state index in [0.29, 0.717) is 30.4 Å². The normalized spacial score (nSPS) is 16.6. The predicted octanol–water partition coefficient (Wildman–Crippen LogP) is 2.44. The van der Waals surface area contributed by atoms with Crippen LogP contribution in [0.3, 0.4) is 0 Å². The fraction of sp³-hybridized carbons (Fsp3) is 0.318. The summed E-state index contributed by atoms with van der Waals surface area (Å²) in [5.41, 5.74) is 3.41. The Bertz CT molecular complexity index is 1230. The van der Waals surface area contributed by atoms with Crippen LogP contribution in [-0.4, -0.2) is 71.6 Å². The Morgan fingerprint density at radius 1 is 1.19 bits per heavy atom. The first-order chi connectivity index (χ1) is 15.6. The SMILES string of the molecule is CC(C)[C@H]1CN(CCO)C(=O)N1c1ccn2ncc(-c3ccc(-c4nc[nH]n4)cc3)c2n1. The van der Waals surface area contributed by atoms with Gasteiger partial charge < -0.3 is 10.0 Å². The number of amides is 2. The van der Waals surface area contributed by atoms with E-state index in [4.69, 9.17) is 4.98 Å². The number of hydrogen-bond acceptors (Lipinski definition) is 6. The number of β-amino-alcohol motifs (C(OH)–C–C–N with tert-alkyl or cyclic N) is 1. The van der Waals surface area contributed by atoms with Crippen LogP contribution in [0.5, 0.6) is 0 Å². The van der Waals surface area contributed by atoms with E-state index in [1.54, 1.807) is 26.8 Å². The van der Waals surface area contributed by atoms with Gasteiger partial charge in [0.2, 0.25) is 0 Å². The molecule has 2 amide bonds. The van der Waals surface area contributed by atoms with Gasteiger partial charge >= 0.3 is 6.03 Å². The minimum absolute atomic E-state index is 0.0176. The van der Waals surface area contributed by atoms with Crippen LogP contribution in [0.25, 0.3) is 28.2 Å². The first-order valence-corrected chi connectivity index (χ1v) is 10.6. The molecule has 4 aromatic rings. The molecular weight excluding hydrogens is 408 g/mol. The number of carbonyl (C=O) groups excluding carboxylic acids is 1. The number of nitrogens with one attached hydrogen (secondary N) is 1. The van der Waals surface area contributed by atoms with Crippen LogP contribution in [-0.2, 0) is 0 Å². The summed E-state index contributed by atoms with van der Waals surface area (Å²) in [6, 6.07) is 9.54. The number of fused-ring (bicyclic) bond motifs is 1. The Balaban J connectivity index is 1.52. The predicted molar refractivity (Wildman–Crippen MR) is 119 cm³/mol. The molecule has 32 heavy (non-hydrogen) atoms. The lowest BCUT2D eigenvalue weighted by Gasteiger charge is -2.25. The summed E-state index contributed by atoms with van der Waals surface area (Å²) < 4.78 is 1.71. The molecule has 3 aromatic heterocycles. The lowest BCUT2D eigenvalue weighted by atomic mass is 10.0. The number of aromatic nitrogens is 6. The summed E-state index contributed by atoms with van der Waals surface area (Å²) in [7, 11) is 0. The Morgan fingerprint density at radius 3 is 2.66 bits per heavy atom. The Kier molecular flexibility index (Phi) is 5.06. The van der Waals surface area contributed by atoms with E-state index >= 15 is 0 Å². The first-order valence-electron chi connectivity index (χ1n) is 10.6. The summed E-state index contributed by atoms with van der Waals surface area (Å²) in [4.78, 5) is 25.5. The molecule has 164 valence electrons. The third kappa shape index (κ3) is 3.38. The monoisotopic (exact) mass is 432 g/mol. The van der Waals surface area contributed by atoms with Crippen molar-refractivity contribution in [3.63, 3.8) is 0 Å². The minimum Gasteiger partial charge on any atom is -0.395 e. The number of aromatic amines is 1. The summed E-state index contributed by atoms with van der Waals surface area (Å²) in [6.07, 6.45) is 5.14. The molecule has 10 nitrogen and oxygen atoms in total. The number of aliphatic hydroxyl groups is 1. The van der Waals surface area contributed by atoms with Crippen molar-refractivity contribution in [2.75, 3.05) is 24.6 Å². The highest BCUT2D eigenvalue weighted by Gasteiger charge is 2.40. The average molecular weight is 432 g/mol. The quantitative estimate of drug-likeness (QED) is 0.484. The van der Waals surface area contributed by atoms with Crippen molar-refractivity contribution < 1.29 is 9.90 Å². The maximum Gasteiger partial charge on any atom is 0.326 e. The fourth-order valence-electron chi connectivity index (χ4n) is 4.11. The van der Waals surface area contributed by atoms with E-state index in [9.17, 15) is 9.90 Å². The van der Waals surface area contributed by atoms with Crippen molar-refractivity contribution in [3.8, 4) is 22.5 Å². The van der Waals surface area contributed by atoms with Crippen LogP contribution >= 0.6 is 0 Å². The van der Waals surface area contributed by atoms with Crippen LogP contribution in [0, 0.1) is 5.92 Å². The van der Waals surface area contributed by atoms with E-state index < -0.39 is 0 Å². The van der Waals surface area contributed by atoms with Gasteiger partial charge in [-0.15, -0.1) is 0 Å². The molecule has 2 N–H and O–H groups in total. The van der Waals surface area contributed by atoms with Gasteiger partial charge in [-0.2, -0.15) is 10.2 Å².